The molecule has 5 heteroatoms. The highest BCUT2D eigenvalue weighted by Gasteiger charge is 2.34. The standard InChI is InChI=1S/C23H22F3NO/c1-27(16-22(28)19-10-6-3-7-11-19)15-17-12-13-20(18-8-4-2-5-9-18)21(14-17)23(24,25)26/h2-14,22,28H,15-16H2,1H3/t22-/m0/s1. The van der Waals surface area contributed by atoms with Crippen LogP contribution in [0.3, 0.4) is 0 Å². The van der Waals surface area contributed by atoms with Crippen LogP contribution in [0.1, 0.15) is 22.8 Å². The van der Waals surface area contributed by atoms with Gasteiger partial charge >= 0.3 is 6.18 Å². The number of hydrogen-bond acceptors (Lipinski definition) is 2. The molecular weight excluding hydrogens is 363 g/mol. The largest absolute Gasteiger partial charge is 0.417 e. The molecule has 0 heterocycles. The summed E-state index contributed by atoms with van der Waals surface area (Å²) >= 11 is 0. The van der Waals surface area contributed by atoms with E-state index in [9.17, 15) is 18.3 Å². The second-order valence-corrected chi connectivity index (χ2v) is 6.87. The van der Waals surface area contributed by atoms with Gasteiger partial charge in [-0.05, 0) is 35.4 Å². The predicted molar refractivity (Wildman–Crippen MR) is 105 cm³/mol. The molecule has 0 unspecified atom stereocenters. The van der Waals surface area contributed by atoms with Gasteiger partial charge in [0.2, 0.25) is 0 Å². The summed E-state index contributed by atoms with van der Waals surface area (Å²) in [6.45, 7) is 0.633. The molecular formula is C23H22F3NO. The van der Waals surface area contributed by atoms with Crippen molar-refractivity contribution in [3.63, 3.8) is 0 Å². The van der Waals surface area contributed by atoms with Crippen molar-refractivity contribution in [3.05, 3.63) is 95.6 Å². The highest BCUT2D eigenvalue weighted by Crippen LogP contribution is 2.37. The molecule has 146 valence electrons. The third-order valence-electron chi connectivity index (χ3n) is 4.60. The van der Waals surface area contributed by atoms with Gasteiger partial charge in [0, 0.05) is 13.1 Å². The summed E-state index contributed by atoms with van der Waals surface area (Å²) in [7, 11) is 1.78. The maximum absolute atomic E-state index is 13.6. The SMILES string of the molecule is CN(Cc1ccc(-c2ccccc2)c(C(F)(F)F)c1)C[C@H](O)c1ccccc1. The molecule has 0 aliphatic rings. The molecule has 0 saturated heterocycles. The van der Waals surface area contributed by atoms with Crippen molar-refractivity contribution in [1.82, 2.24) is 4.90 Å². The van der Waals surface area contributed by atoms with E-state index in [1.807, 2.05) is 35.2 Å². The maximum Gasteiger partial charge on any atom is 0.417 e. The minimum absolute atomic E-state index is 0.170. The van der Waals surface area contributed by atoms with Gasteiger partial charge in [0.25, 0.3) is 0 Å². The molecule has 0 spiro atoms. The molecule has 1 atom stereocenters. The molecule has 0 radical (unpaired) electrons. The summed E-state index contributed by atoms with van der Waals surface area (Å²) in [5.74, 6) is 0. The molecule has 2 nitrogen and oxygen atoms in total. The Bertz CT molecular complexity index is 895. The topological polar surface area (TPSA) is 23.5 Å². The van der Waals surface area contributed by atoms with E-state index >= 15 is 0 Å². The summed E-state index contributed by atoms with van der Waals surface area (Å²) in [5.41, 5.74) is 1.39. The van der Waals surface area contributed by atoms with Gasteiger partial charge < -0.3 is 5.11 Å². The zero-order valence-corrected chi connectivity index (χ0v) is 15.5. The number of halogens is 3. The number of aliphatic hydroxyl groups excluding tert-OH is 1. The lowest BCUT2D eigenvalue weighted by atomic mass is 9.97. The molecule has 28 heavy (non-hydrogen) atoms. The smallest absolute Gasteiger partial charge is 0.387 e. The fourth-order valence-electron chi connectivity index (χ4n) is 3.25. The molecule has 0 saturated carbocycles. The van der Waals surface area contributed by atoms with Crippen molar-refractivity contribution in [2.45, 2.75) is 18.8 Å². The molecule has 3 aromatic carbocycles. The quantitative estimate of drug-likeness (QED) is 0.602. The van der Waals surface area contributed by atoms with Crippen LogP contribution < -0.4 is 0 Å². The molecule has 0 aliphatic heterocycles. The van der Waals surface area contributed by atoms with Crippen molar-refractivity contribution in [2.75, 3.05) is 13.6 Å². The Balaban J connectivity index is 1.79. The number of rotatable bonds is 6. The molecule has 0 fully saturated rings. The number of likely N-dealkylation sites (N-methyl/N-ethyl adjacent to an activating group) is 1. The Kier molecular flexibility index (Phi) is 6.17. The van der Waals surface area contributed by atoms with Crippen LogP contribution in [0.4, 0.5) is 13.2 Å². The summed E-state index contributed by atoms with van der Waals surface area (Å²) in [4.78, 5) is 1.81. The van der Waals surface area contributed by atoms with Crippen LogP contribution in [-0.2, 0) is 12.7 Å². The number of nitrogens with zero attached hydrogens (tertiary/aromatic N) is 1. The van der Waals surface area contributed by atoms with Crippen LogP contribution in [0, 0.1) is 0 Å². The number of aliphatic hydroxyl groups is 1. The third-order valence-corrected chi connectivity index (χ3v) is 4.60. The van der Waals surface area contributed by atoms with Crippen molar-refractivity contribution in [1.29, 1.82) is 0 Å². The second kappa shape index (κ2) is 8.59. The Hall–Kier alpha value is -2.63. The molecule has 3 rings (SSSR count). The fraction of sp³-hybridized carbons (Fsp3) is 0.217. The second-order valence-electron chi connectivity index (χ2n) is 6.87. The normalized spacial score (nSPS) is 12.9. The summed E-state index contributed by atoms with van der Waals surface area (Å²) < 4.78 is 40.9. The summed E-state index contributed by atoms with van der Waals surface area (Å²) in [6.07, 6.45) is -5.14. The van der Waals surface area contributed by atoms with E-state index in [4.69, 9.17) is 0 Å². The first-order chi connectivity index (χ1) is 13.3. The highest BCUT2D eigenvalue weighted by atomic mass is 19.4. The first-order valence-corrected chi connectivity index (χ1v) is 9.01. The van der Waals surface area contributed by atoms with Crippen molar-refractivity contribution in [2.24, 2.45) is 0 Å². The van der Waals surface area contributed by atoms with Crippen LogP contribution in [0.5, 0.6) is 0 Å². The average Bonchev–Trinajstić information content (AvgIpc) is 2.68. The molecule has 3 aromatic rings. The van der Waals surface area contributed by atoms with Crippen LogP contribution in [0.2, 0.25) is 0 Å². The Morgan fingerprint density at radius 3 is 2.11 bits per heavy atom. The lowest BCUT2D eigenvalue weighted by Gasteiger charge is -2.22. The van der Waals surface area contributed by atoms with Gasteiger partial charge in [0.1, 0.15) is 0 Å². The lowest BCUT2D eigenvalue weighted by Crippen LogP contribution is -2.24. The molecule has 0 bridgehead atoms. The third kappa shape index (κ3) is 5.00. The van der Waals surface area contributed by atoms with Crippen LogP contribution in [0.25, 0.3) is 11.1 Å². The van der Waals surface area contributed by atoms with E-state index < -0.39 is 17.8 Å². The molecule has 1 N–H and O–H groups in total. The zero-order chi connectivity index (χ0) is 20.1. The van der Waals surface area contributed by atoms with E-state index in [-0.39, 0.29) is 5.56 Å². The van der Waals surface area contributed by atoms with Gasteiger partial charge in [-0.15, -0.1) is 0 Å². The van der Waals surface area contributed by atoms with Gasteiger partial charge in [-0.3, -0.25) is 4.90 Å². The van der Waals surface area contributed by atoms with Crippen molar-refractivity contribution < 1.29 is 18.3 Å². The summed E-state index contributed by atoms with van der Waals surface area (Å²) in [6, 6.07) is 22.2. The monoisotopic (exact) mass is 385 g/mol. The van der Waals surface area contributed by atoms with Gasteiger partial charge in [-0.2, -0.15) is 13.2 Å². The number of hydrogen-bond donors (Lipinski definition) is 1. The Labute approximate surface area is 162 Å². The molecule has 0 amide bonds. The van der Waals surface area contributed by atoms with Gasteiger partial charge in [-0.1, -0.05) is 72.8 Å². The highest BCUT2D eigenvalue weighted by molar-refractivity contribution is 5.68. The average molecular weight is 385 g/mol. The van der Waals surface area contributed by atoms with Gasteiger partial charge in [-0.25, -0.2) is 0 Å². The Morgan fingerprint density at radius 2 is 1.50 bits per heavy atom. The number of benzene rings is 3. The molecule has 0 aromatic heterocycles. The maximum atomic E-state index is 13.6. The summed E-state index contributed by atoms with van der Waals surface area (Å²) in [5, 5.41) is 10.3. The number of alkyl halides is 3. The van der Waals surface area contributed by atoms with Gasteiger partial charge in [0.15, 0.2) is 0 Å². The van der Waals surface area contributed by atoms with E-state index in [2.05, 4.69) is 0 Å². The van der Waals surface area contributed by atoms with E-state index in [1.54, 1.807) is 43.4 Å². The first-order valence-electron chi connectivity index (χ1n) is 9.01. The van der Waals surface area contributed by atoms with E-state index in [0.717, 1.165) is 5.56 Å². The van der Waals surface area contributed by atoms with Crippen molar-refractivity contribution in [3.8, 4) is 11.1 Å². The van der Waals surface area contributed by atoms with E-state index in [1.165, 1.54) is 12.1 Å². The zero-order valence-electron chi connectivity index (χ0n) is 15.5. The van der Waals surface area contributed by atoms with Crippen LogP contribution in [0.15, 0.2) is 78.9 Å². The Morgan fingerprint density at radius 1 is 0.893 bits per heavy atom. The lowest BCUT2D eigenvalue weighted by molar-refractivity contribution is -0.137. The molecule has 0 aliphatic carbocycles. The minimum atomic E-state index is -4.44. The minimum Gasteiger partial charge on any atom is -0.387 e. The van der Waals surface area contributed by atoms with Crippen LogP contribution >= 0.6 is 0 Å². The fourth-order valence-corrected chi connectivity index (χ4v) is 3.25. The van der Waals surface area contributed by atoms with E-state index in [0.29, 0.717) is 24.2 Å². The van der Waals surface area contributed by atoms with Crippen LogP contribution in [-0.4, -0.2) is 23.6 Å². The predicted octanol–water partition coefficient (Wildman–Crippen LogP) is 5.54. The van der Waals surface area contributed by atoms with Crippen molar-refractivity contribution >= 4 is 0 Å². The first kappa shape index (κ1) is 20.1. The van der Waals surface area contributed by atoms with Gasteiger partial charge in [0.05, 0.1) is 11.7 Å².